The van der Waals surface area contributed by atoms with E-state index < -0.39 is 0 Å². The highest BCUT2D eigenvalue weighted by molar-refractivity contribution is 9.15. The normalized spacial score (nSPS) is 15.8. The van der Waals surface area contributed by atoms with E-state index in [0.717, 1.165) is 22.5 Å². The number of aromatic nitrogens is 1. The van der Waals surface area contributed by atoms with Crippen LogP contribution in [0, 0.1) is 0 Å². The topological polar surface area (TPSA) is 22.1 Å². The summed E-state index contributed by atoms with van der Waals surface area (Å²) in [4.78, 5) is 4.59. The van der Waals surface area contributed by atoms with Crippen molar-refractivity contribution in [1.82, 2.24) is 4.98 Å². The Kier molecular flexibility index (Phi) is 4.81. The van der Waals surface area contributed by atoms with Gasteiger partial charge in [-0.25, -0.2) is 4.98 Å². The third-order valence-corrected chi connectivity index (χ3v) is 3.96. The fraction of sp³-hybridized carbons (Fsp3) is 0.533. The molecule has 1 aliphatic carbocycles. The molecule has 2 nitrogen and oxygen atoms in total. The van der Waals surface area contributed by atoms with Crippen molar-refractivity contribution in [3.63, 3.8) is 0 Å². The number of pyridine rings is 1. The summed E-state index contributed by atoms with van der Waals surface area (Å²) < 4.78 is 6.47. The fourth-order valence-corrected chi connectivity index (χ4v) is 2.44. The number of unbranched alkanes of at least 4 members (excludes halogenated alkanes) is 2. The molecule has 1 aromatic heterocycles. The van der Waals surface area contributed by atoms with E-state index >= 15 is 0 Å². The highest BCUT2D eigenvalue weighted by Gasteiger charge is 2.27. The highest BCUT2D eigenvalue weighted by atomic mass is 79.9. The van der Waals surface area contributed by atoms with Crippen LogP contribution in [0.15, 0.2) is 18.2 Å². The molecule has 0 spiro atoms. The van der Waals surface area contributed by atoms with Crippen LogP contribution in [0.3, 0.4) is 0 Å². The smallest absolute Gasteiger partial charge is 0.217 e. The van der Waals surface area contributed by atoms with Crippen LogP contribution in [-0.2, 0) is 0 Å². The molecule has 1 heterocycles. The Morgan fingerprint density at radius 2 is 2.28 bits per heavy atom. The van der Waals surface area contributed by atoms with Gasteiger partial charge in [0.2, 0.25) is 5.88 Å². The molecule has 0 aromatic carbocycles. The summed E-state index contributed by atoms with van der Waals surface area (Å²) in [6.07, 6.45) is 8.25. The van der Waals surface area contributed by atoms with E-state index in [1.165, 1.54) is 31.2 Å². The molecular formula is C15H20BrNO. The summed E-state index contributed by atoms with van der Waals surface area (Å²) >= 11 is 3.60. The van der Waals surface area contributed by atoms with Crippen LogP contribution in [0.2, 0.25) is 0 Å². The Bertz CT molecular complexity index is 438. The number of methoxy groups -OCH3 is 1. The molecule has 0 N–H and O–H groups in total. The lowest BCUT2D eigenvalue weighted by atomic mass is 10.1. The van der Waals surface area contributed by atoms with Crippen LogP contribution in [0.5, 0.6) is 5.88 Å². The molecule has 1 saturated carbocycles. The van der Waals surface area contributed by atoms with Gasteiger partial charge in [0.1, 0.15) is 0 Å². The maximum absolute atomic E-state index is 5.40. The molecule has 18 heavy (non-hydrogen) atoms. The quantitative estimate of drug-likeness (QED) is 0.698. The zero-order valence-electron chi connectivity index (χ0n) is 11.1. The standard InChI is InChI=1S/C15H20BrNO/c1-3-4-5-6-13(16)14-10-9-12(11-7-8-11)15(17-14)18-2/h6,9-11H,3-5,7-8H2,1-2H3/b13-6-. The van der Waals surface area contributed by atoms with E-state index in [-0.39, 0.29) is 0 Å². The first kappa shape index (κ1) is 13.6. The van der Waals surface area contributed by atoms with Gasteiger partial charge in [-0.3, -0.25) is 0 Å². The van der Waals surface area contributed by atoms with E-state index in [0.29, 0.717) is 5.92 Å². The number of nitrogens with zero attached hydrogens (tertiary/aromatic N) is 1. The molecule has 3 heteroatoms. The Labute approximate surface area is 118 Å². The van der Waals surface area contributed by atoms with Crippen LogP contribution < -0.4 is 4.74 Å². The van der Waals surface area contributed by atoms with E-state index in [1.54, 1.807) is 7.11 Å². The van der Waals surface area contributed by atoms with Gasteiger partial charge in [0.15, 0.2) is 0 Å². The SMILES string of the molecule is CCCC/C=C(\Br)c1ccc(C2CC2)c(OC)n1. The maximum Gasteiger partial charge on any atom is 0.217 e. The van der Waals surface area contributed by atoms with Crippen molar-refractivity contribution in [3.8, 4) is 5.88 Å². The van der Waals surface area contributed by atoms with Gasteiger partial charge in [0.05, 0.1) is 12.8 Å². The monoisotopic (exact) mass is 309 g/mol. The van der Waals surface area contributed by atoms with Gasteiger partial charge in [0.25, 0.3) is 0 Å². The summed E-state index contributed by atoms with van der Waals surface area (Å²) in [6.45, 7) is 2.20. The van der Waals surface area contributed by atoms with Crippen molar-refractivity contribution in [1.29, 1.82) is 0 Å². The van der Waals surface area contributed by atoms with E-state index in [4.69, 9.17) is 4.74 Å². The Morgan fingerprint density at radius 3 is 2.89 bits per heavy atom. The van der Waals surface area contributed by atoms with Crippen LogP contribution in [0.25, 0.3) is 4.48 Å². The van der Waals surface area contributed by atoms with E-state index in [1.807, 2.05) is 0 Å². The largest absolute Gasteiger partial charge is 0.481 e. The van der Waals surface area contributed by atoms with Crippen LogP contribution in [-0.4, -0.2) is 12.1 Å². The number of hydrogen-bond donors (Lipinski definition) is 0. The van der Waals surface area contributed by atoms with Crippen molar-refractivity contribution in [2.75, 3.05) is 7.11 Å². The second-order valence-electron chi connectivity index (χ2n) is 4.76. The van der Waals surface area contributed by atoms with Crippen LogP contribution in [0.1, 0.15) is 56.2 Å². The van der Waals surface area contributed by atoms with Gasteiger partial charge in [0, 0.05) is 10.0 Å². The minimum atomic E-state index is 0.671. The molecule has 1 aromatic rings. The lowest BCUT2D eigenvalue weighted by Crippen LogP contribution is -1.96. The molecule has 0 aliphatic heterocycles. The molecule has 2 rings (SSSR count). The molecule has 0 unspecified atom stereocenters. The third-order valence-electron chi connectivity index (χ3n) is 3.23. The number of allylic oxidation sites excluding steroid dienone is 1. The minimum absolute atomic E-state index is 0.671. The highest BCUT2D eigenvalue weighted by Crippen LogP contribution is 2.44. The predicted molar refractivity (Wildman–Crippen MR) is 79.2 cm³/mol. The molecule has 0 atom stereocenters. The van der Waals surface area contributed by atoms with Gasteiger partial charge in [-0.15, -0.1) is 0 Å². The zero-order valence-corrected chi connectivity index (χ0v) is 12.7. The second kappa shape index (κ2) is 6.37. The molecule has 1 aliphatic rings. The molecule has 0 bridgehead atoms. The Morgan fingerprint density at radius 1 is 1.50 bits per heavy atom. The lowest BCUT2D eigenvalue weighted by Gasteiger charge is -2.08. The van der Waals surface area contributed by atoms with Gasteiger partial charge in [-0.1, -0.05) is 31.9 Å². The van der Waals surface area contributed by atoms with Crippen molar-refractivity contribution in [2.45, 2.75) is 44.9 Å². The first-order chi connectivity index (χ1) is 8.76. The summed E-state index contributed by atoms with van der Waals surface area (Å²) in [5.41, 5.74) is 2.22. The van der Waals surface area contributed by atoms with Crippen molar-refractivity contribution >= 4 is 20.4 Å². The summed E-state index contributed by atoms with van der Waals surface area (Å²) in [7, 11) is 1.70. The summed E-state index contributed by atoms with van der Waals surface area (Å²) in [5, 5.41) is 0. The lowest BCUT2D eigenvalue weighted by molar-refractivity contribution is 0.392. The average Bonchev–Trinajstić information content (AvgIpc) is 3.22. The zero-order chi connectivity index (χ0) is 13.0. The summed E-state index contributed by atoms with van der Waals surface area (Å²) in [6, 6.07) is 4.25. The fourth-order valence-electron chi connectivity index (χ4n) is 1.99. The van der Waals surface area contributed by atoms with Gasteiger partial charge >= 0.3 is 0 Å². The molecular weight excluding hydrogens is 290 g/mol. The Hall–Kier alpha value is -0.830. The summed E-state index contributed by atoms with van der Waals surface area (Å²) in [5.74, 6) is 1.46. The number of halogens is 1. The van der Waals surface area contributed by atoms with E-state index in [9.17, 15) is 0 Å². The van der Waals surface area contributed by atoms with Gasteiger partial charge < -0.3 is 4.74 Å². The number of ether oxygens (including phenoxy) is 1. The Balaban J connectivity index is 2.15. The molecule has 0 saturated heterocycles. The van der Waals surface area contributed by atoms with Crippen LogP contribution >= 0.6 is 15.9 Å². The molecule has 98 valence electrons. The van der Waals surface area contributed by atoms with Gasteiger partial charge in [-0.05, 0) is 47.2 Å². The number of rotatable bonds is 6. The molecule has 1 fully saturated rings. The minimum Gasteiger partial charge on any atom is -0.481 e. The predicted octanol–water partition coefficient (Wildman–Crippen LogP) is 4.89. The first-order valence-corrected chi connectivity index (χ1v) is 7.46. The third kappa shape index (κ3) is 3.35. The maximum atomic E-state index is 5.40. The average molecular weight is 310 g/mol. The molecule has 0 amide bonds. The second-order valence-corrected chi connectivity index (χ2v) is 5.62. The van der Waals surface area contributed by atoms with Crippen molar-refractivity contribution < 1.29 is 4.74 Å². The first-order valence-electron chi connectivity index (χ1n) is 6.67. The van der Waals surface area contributed by atoms with E-state index in [2.05, 4.69) is 46.0 Å². The van der Waals surface area contributed by atoms with Crippen molar-refractivity contribution in [3.05, 3.63) is 29.5 Å². The number of hydrogen-bond acceptors (Lipinski definition) is 2. The molecule has 0 radical (unpaired) electrons. The van der Waals surface area contributed by atoms with Gasteiger partial charge in [-0.2, -0.15) is 0 Å². The van der Waals surface area contributed by atoms with Crippen LogP contribution in [0.4, 0.5) is 0 Å². The van der Waals surface area contributed by atoms with Crippen molar-refractivity contribution in [2.24, 2.45) is 0 Å².